The number of hydrogen-bond acceptors (Lipinski definition) is 8. The Balaban J connectivity index is 1.40. The van der Waals surface area contributed by atoms with Crippen LogP contribution in [0.2, 0.25) is 0 Å². The SMILES string of the molecule is N=C(N)c1csc([C@@H](NC(=O)[C@@H]2C[C@@H](OC(F)F)CN2C(=O)CNC(=O)c2ccc(Oc3ccccc3)cc2)C(N)=O)c1. The van der Waals surface area contributed by atoms with Gasteiger partial charge in [0.15, 0.2) is 0 Å². The number of carbonyl (C=O) groups is 4. The van der Waals surface area contributed by atoms with Crippen molar-refractivity contribution >= 4 is 40.8 Å². The van der Waals surface area contributed by atoms with Crippen molar-refractivity contribution in [3.8, 4) is 11.5 Å². The molecule has 1 fully saturated rings. The minimum absolute atomic E-state index is 0.230. The zero-order valence-corrected chi connectivity index (χ0v) is 23.3. The Morgan fingerprint density at radius 2 is 1.70 bits per heavy atom. The molecule has 1 saturated heterocycles. The lowest BCUT2D eigenvalue weighted by atomic mass is 10.1. The molecule has 43 heavy (non-hydrogen) atoms. The molecule has 3 atom stereocenters. The summed E-state index contributed by atoms with van der Waals surface area (Å²) in [6.07, 6.45) is -1.46. The van der Waals surface area contributed by atoms with Gasteiger partial charge < -0.3 is 36.5 Å². The summed E-state index contributed by atoms with van der Waals surface area (Å²) in [5, 5.41) is 13.9. The molecule has 12 nitrogen and oxygen atoms in total. The lowest BCUT2D eigenvalue weighted by molar-refractivity contribution is -0.160. The number of hydrogen-bond donors (Lipinski definition) is 5. The number of ether oxygens (including phenoxy) is 2. The van der Waals surface area contributed by atoms with Gasteiger partial charge >= 0.3 is 6.61 Å². The molecule has 0 bridgehead atoms. The summed E-state index contributed by atoms with van der Waals surface area (Å²) in [7, 11) is 0. The summed E-state index contributed by atoms with van der Waals surface area (Å²) in [5.41, 5.74) is 11.5. The highest BCUT2D eigenvalue weighted by molar-refractivity contribution is 7.10. The van der Waals surface area contributed by atoms with Crippen molar-refractivity contribution in [2.24, 2.45) is 11.5 Å². The number of carbonyl (C=O) groups excluding carboxylic acids is 4. The number of likely N-dealkylation sites (tertiary alicyclic amines) is 1. The number of amides is 4. The first-order valence-corrected chi connectivity index (χ1v) is 13.8. The number of nitrogens with zero attached hydrogens (tertiary/aromatic N) is 1. The monoisotopic (exact) mass is 614 g/mol. The molecule has 0 saturated carbocycles. The van der Waals surface area contributed by atoms with Gasteiger partial charge in [-0.3, -0.25) is 24.6 Å². The van der Waals surface area contributed by atoms with Gasteiger partial charge in [0.05, 0.1) is 12.6 Å². The van der Waals surface area contributed by atoms with E-state index in [4.69, 9.17) is 21.6 Å². The van der Waals surface area contributed by atoms with Gasteiger partial charge in [-0.2, -0.15) is 8.78 Å². The van der Waals surface area contributed by atoms with E-state index in [-0.39, 0.29) is 29.2 Å². The maximum Gasteiger partial charge on any atom is 0.345 e. The lowest BCUT2D eigenvalue weighted by Crippen LogP contribution is -2.50. The van der Waals surface area contributed by atoms with Gasteiger partial charge in [0.1, 0.15) is 29.4 Å². The molecular formula is C28H28F2N6O6S. The van der Waals surface area contributed by atoms with E-state index in [0.29, 0.717) is 17.1 Å². The fourth-order valence-corrected chi connectivity index (χ4v) is 5.35. The number of nitrogens with two attached hydrogens (primary N) is 2. The molecule has 0 unspecified atom stereocenters. The molecule has 0 radical (unpaired) electrons. The van der Waals surface area contributed by atoms with E-state index in [1.807, 2.05) is 18.2 Å². The van der Waals surface area contributed by atoms with E-state index >= 15 is 0 Å². The summed E-state index contributed by atoms with van der Waals surface area (Å²) in [4.78, 5) is 52.4. The van der Waals surface area contributed by atoms with Crippen molar-refractivity contribution < 1.29 is 37.4 Å². The Morgan fingerprint density at radius 1 is 1.02 bits per heavy atom. The molecule has 2 aromatic carbocycles. The lowest BCUT2D eigenvalue weighted by Gasteiger charge is -2.25. The molecule has 7 N–H and O–H groups in total. The maximum absolute atomic E-state index is 13.2. The Hall–Kier alpha value is -4.89. The molecule has 1 aromatic heterocycles. The summed E-state index contributed by atoms with van der Waals surface area (Å²) < 4.78 is 36.2. The molecule has 3 aromatic rings. The van der Waals surface area contributed by atoms with Gasteiger partial charge in [0, 0.05) is 34.3 Å². The largest absolute Gasteiger partial charge is 0.457 e. The molecule has 4 amide bonds. The van der Waals surface area contributed by atoms with Gasteiger partial charge in [0.25, 0.3) is 5.91 Å². The second-order valence-electron chi connectivity index (χ2n) is 9.43. The van der Waals surface area contributed by atoms with Crippen molar-refractivity contribution in [1.29, 1.82) is 5.41 Å². The van der Waals surface area contributed by atoms with Crippen LogP contribution in [0.5, 0.6) is 11.5 Å². The van der Waals surface area contributed by atoms with Crippen molar-refractivity contribution in [3.05, 3.63) is 82.0 Å². The van der Waals surface area contributed by atoms with Crippen LogP contribution in [0.3, 0.4) is 0 Å². The molecule has 2 heterocycles. The summed E-state index contributed by atoms with van der Waals surface area (Å²) >= 11 is 1.03. The number of rotatable bonds is 12. The number of primary amides is 1. The number of alkyl halides is 2. The quantitative estimate of drug-likeness (QED) is 0.152. The Kier molecular flexibility index (Phi) is 10.0. The van der Waals surface area contributed by atoms with Crippen LogP contribution in [0.1, 0.15) is 33.3 Å². The molecule has 226 valence electrons. The van der Waals surface area contributed by atoms with Crippen LogP contribution in [0, 0.1) is 5.41 Å². The minimum Gasteiger partial charge on any atom is -0.457 e. The van der Waals surface area contributed by atoms with Crippen molar-refractivity contribution in [2.75, 3.05) is 13.1 Å². The zero-order chi connectivity index (χ0) is 31.1. The number of amidine groups is 1. The Morgan fingerprint density at radius 3 is 2.30 bits per heavy atom. The molecule has 1 aliphatic rings. The number of thiophene rings is 1. The van der Waals surface area contributed by atoms with Crippen LogP contribution in [-0.4, -0.2) is 66.2 Å². The third-order valence-electron chi connectivity index (χ3n) is 6.46. The average molecular weight is 615 g/mol. The molecule has 1 aliphatic heterocycles. The average Bonchev–Trinajstić information content (AvgIpc) is 3.63. The zero-order valence-electron chi connectivity index (χ0n) is 22.5. The van der Waals surface area contributed by atoms with Crippen LogP contribution in [0.15, 0.2) is 66.0 Å². The smallest absolute Gasteiger partial charge is 0.345 e. The van der Waals surface area contributed by atoms with E-state index in [2.05, 4.69) is 15.4 Å². The first-order chi connectivity index (χ1) is 20.5. The number of para-hydroxylation sites is 1. The van der Waals surface area contributed by atoms with Gasteiger partial charge in [-0.1, -0.05) is 18.2 Å². The number of nitrogen functional groups attached to an aromatic ring is 1. The molecule has 15 heteroatoms. The minimum atomic E-state index is -3.15. The van der Waals surface area contributed by atoms with E-state index in [1.54, 1.807) is 24.3 Å². The van der Waals surface area contributed by atoms with Gasteiger partial charge in [-0.25, -0.2) is 0 Å². The predicted octanol–water partition coefficient (Wildman–Crippen LogP) is 2.11. The predicted molar refractivity (Wildman–Crippen MR) is 152 cm³/mol. The summed E-state index contributed by atoms with van der Waals surface area (Å²) in [5.74, 6) is -2.23. The fraction of sp³-hybridized carbons (Fsp3) is 0.250. The highest BCUT2D eigenvalue weighted by Crippen LogP contribution is 2.26. The van der Waals surface area contributed by atoms with Crippen LogP contribution >= 0.6 is 11.3 Å². The standard InChI is InChI=1S/C28H28F2N6O6S/c29-28(30)42-19-11-20(27(40)35-23(25(33)38)21-10-16(14-43-21)24(31)32)36(13-19)22(37)12-34-26(39)15-6-8-18(9-7-15)41-17-4-2-1-3-5-17/h1-10,14,19-20,23,28H,11-13H2,(H3,31,32)(H2,33,38)(H,34,39)(H,35,40)/t19-,20+,23-/m1/s1. The van der Waals surface area contributed by atoms with Crippen LogP contribution in [0.4, 0.5) is 8.78 Å². The molecule has 0 spiro atoms. The van der Waals surface area contributed by atoms with E-state index < -0.39 is 55.0 Å². The van der Waals surface area contributed by atoms with Crippen molar-refractivity contribution in [3.63, 3.8) is 0 Å². The molecular weight excluding hydrogens is 586 g/mol. The summed E-state index contributed by atoms with van der Waals surface area (Å²) in [6, 6.07) is 14.0. The highest BCUT2D eigenvalue weighted by Gasteiger charge is 2.42. The van der Waals surface area contributed by atoms with E-state index in [9.17, 15) is 28.0 Å². The first-order valence-electron chi connectivity index (χ1n) is 12.9. The number of benzene rings is 2. The molecule has 4 rings (SSSR count). The number of halogens is 2. The highest BCUT2D eigenvalue weighted by atomic mass is 32.1. The fourth-order valence-electron chi connectivity index (χ4n) is 4.39. The topological polar surface area (TPSA) is 190 Å². The second kappa shape index (κ2) is 13.8. The number of nitrogens with one attached hydrogen (secondary N) is 3. The van der Waals surface area contributed by atoms with Gasteiger partial charge in [0.2, 0.25) is 17.7 Å². The van der Waals surface area contributed by atoms with Crippen LogP contribution in [-0.2, 0) is 19.1 Å². The van der Waals surface area contributed by atoms with Crippen molar-refractivity contribution in [2.45, 2.75) is 31.2 Å². The van der Waals surface area contributed by atoms with Crippen LogP contribution < -0.4 is 26.8 Å². The summed E-state index contributed by atoms with van der Waals surface area (Å²) in [6.45, 7) is -4.04. The normalized spacial score (nSPS) is 16.9. The van der Waals surface area contributed by atoms with E-state index in [1.165, 1.54) is 23.6 Å². The first kappa shape index (κ1) is 31.1. The van der Waals surface area contributed by atoms with Crippen molar-refractivity contribution in [1.82, 2.24) is 15.5 Å². The van der Waals surface area contributed by atoms with E-state index in [0.717, 1.165) is 16.2 Å². The third kappa shape index (κ3) is 8.11. The van der Waals surface area contributed by atoms with Crippen LogP contribution in [0.25, 0.3) is 0 Å². The second-order valence-corrected chi connectivity index (χ2v) is 10.4. The van der Waals surface area contributed by atoms with Gasteiger partial charge in [-0.05, 0) is 42.5 Å². The third-order valence-corrected chi connectivity index (χ3v) is 7.46. The van der Waals surface area contributed by atoms with Gasteiger partial charge in [-0.15, -0.1) is 11.3 Å². The Bertz CT molecular complexity index is 1490. The molecule has 0 aliphatic carbocycles. The maximum atomic E-state index is 13.2. The Labute approximate surface area is 248 Å².